The van der Waals surface area contributed by atoms with Crippen molar-refractivity contribution in [3.8, 4) is 0 Å². The first kappa shape index (κ1) is 21.7. The van der Waals surface area contributed by atoms with Crippen molar-refractivity contribution in [2.45, 2.75) is 32.7 Å². The van der Waals surface area contributed by atoms with Gasteiger partial charge in [0.05, 0.1) is 19.3 Å². The fourth-order valence-corrected chi connectivity index (χ4v) is 2.93. The van der Waals surface area contributed by atoms with Crippen LogP contribution in [-0.4, -0.2) is 62.5 Å². The number of rotatable bonds is 8. The molecule has 1 aromatic carbocycles. The highest BCUT2D eigenvalue weighted by Gasteiger charge is 2.27. The van der Waals surface area contributed by atoms with Crippen LogP contribution in [0, 0.1) is 5.92 Å². The number of nitrogens with one attached hydrogen (secondary N) is 1. The zero-order valence-corrected chi connectivity index (χ0v) is 15.7. The largest absolute Gasteiger partial charge is 0.411 e. The highest BCUT2D eigenvalue weighted by Crippen LogP contribution is 2.16. The Labute approximate surface area is 157 Å². The second-order valence-electron chi connectivity index (χ2n) is 7.16. The number of hydrogen-bond donors (Lipinski definition) is 1. The van der Waals surface area contributed by atoms with Crippen molar-refractivity contribution in [3.05, 3.63) is 35.4 Å². The summed E-state index contributed by atoms with van der Waals surface area (Å²) in [6, 6.07) is 6.34. The molecule has 5 nitrogen and oxygen atoms in total. The van der Waals surface area contributed by atoms with E-state index in [1.165, 1.54) is 0 Å². The number of morpholine rings is 1. The van der Waals surface area contributed by atoms with Gasteiger partial charge in [-0.2, -0.15) is 13.2 Å². The lowest BCUT2D eigenvalue weighted by Gasteiger charge is -2.33. The normalized spacial score (nSPS) is 18.7. The van der Waals surface area contributed by atoms with Crippen LogP contribution in [0.5, 0.6) is 0 Å². The lowest BCUT2D eigenvalue weighted by molar-refractivity contribution is -0.176. The maximum atomic E-state index is 12.2. The standard InChI is InChI=1S/C19H27F3N2O3/c1-14(2)10-24-7-8-27-17(11-24)9-23-18(25)16-5-3-15(4-6-16)12-26-13-19(20,21)22/h3-6,14,17H,7-13H2,1-2H3,(H,23,25). The maximum Gasteiger partial charge on any atom is 0.411 e. The molecular weight excluding hydrogens is 361 g/mol. The molecule has 152 valence electrons. The third-order valence-electron chi connectivity index (χ3n) is 4.09. The first-order valence-corrected chi connectivity index (χ1v) is 9.08. The lowest BCUT2D eigenvalue weighted by atomic mass is 10.1. The van der Waals surface area contributed by atoms with Crippen molar-refractivity contribution in [1.82, 2.24) is 10.2 Å². The number of ether oxygens (including phenoxy) is 2. The predicted octanol–water partition coefficient (Wildman–Crippen LogP) is 2.85. The van der Waals surface area contributed by atoms with Crippen LogP contribution < -0.4 is 5.32 Å². The smallest absolute Gasteiger partial charge is 0.374 e. The molecule has 27 heavy (non-hydrogen) atoms. The van der Waals surface area contributed by atoms with E-state index in [1.54, 1.807) is 24.3 Å². The molecule has 2 rings (SSSR count). The number of carbonyl (C=O) groups is 1. The summed E-state index contributed by atoms with van der Waals surface area (Å²) >= 11 is 0. The molecule has 1 heterocycles. The molecule has 1 amide bonds. The van der Waals surface area contributed by atoms with Crippen LogP contribution in [-0.2, 0) is 16.1 Å². The minimum atomic E-state index is -4.34. The van der Waals surface area contributed by atoms with Crippen LogP contribution in [0.25, 0.3) is 0 Å². The summed E-state index contributed by atoms with van der Waals surface area (Å²) in [6.45, 7) is 6.67. The zero-order valence-electron chi connectivity index (χ0n) is 15.7. The Bertz CT molecular complexity index is 591. The molecular formula is C19H27F3N2O3. The topological polar surface area (TPSA) is 50.8 Å². The highest BCUT2D eigenvalue weighted by atomic mass is 19.4. The highest BCUT2D eigenvalue weighted by molar-refractivity contribution is 5.94. The molecule has 1 atom stereocenters. The Hall–Kier alpha value is -1.64. The molecule has 1 aliphatic heterocycles. The van der Waals surface area contributed by atoms with E-state index in [0.717, 1.165) is 19.6 Å². The lowest BCUT2D eigenvalue weighted by Crippen LogP contribution is -2.48. The van der Waals surface area contributed by atoms with Crippen LogP contribution in [0.15, 0.2) is 24.3 Å². The number of alkyl halides is 3. The molecule has 1 unspecified atom stereocenters. The van der Waals surface area contributed by atoms with E-state index >= 15 is 0 Å². The quantitative estimate of drug-likeness (QED) is 0.744. The Kier molecular flexibility index (Phi) is 8.07. The van der Waals surface area contributed by atoms with Crippen LogP contribution in [0.4, 0.5) is 13.2 Å². The molecule has 1 aromatic rings. The summed E-state index contributed by atoms with van der Waals surface area (Å²) in [5, 5.41) is 2.85. The van der Waals surface area contributed by atoms with E-state index in [-0.39, 0.29) is 18.6 Å². The third-order valence-corrected chi connectivity index (χ3v) is 4.09. The van der Waals surface area contributed by atoms with Gasteiger partial charge in [0.2, 0.25) is 0 Å². The molecule has 1 N–H and O–H groups in total. The Morgan fingerprint density at radius 3 is 2.67 bits per heavy atom. The van der Waals surface area contributed by atoms with Gasteiger partial charge < -0.3 is 14.8 Å². The van der Waals surface area contributed by atoms with Crippen LogP contribution in [0.2, 0.25) is 0 Å². The van der Waals surface area contributed by atoms with E-state index in [0.29, 0.717) is 30.2 Å². The Morgan fingerprint density at radius 2 is 2.04 bits per heavy atom. The molecule has 1 fully saturated rings. The van der Waals surface area contributed by atoms with E-state index in [1.807, 2.05) is 0 Å². The molecule has 8 heteroatoms. The number of benzene rings is 1. The SMILES string of the molecule is CC(C)CN1CCOC(CNC(=O)c2ccc(COCC(F)(F)F)cc2)C1. The van der Waals surface area contributed by atoms with E-state index in [4.69, 9.17) is 4.74 Å². The molecule has 1 aliphatic rings. The van der Waals surface area contributed by atoms with Crippen molar-refractivity contribution < 1.29 is 27.4 Å². The predicted molar refractivity (Wildman–Crippen MR) is 95.5 cm³/mol. The van der Waals surface area contributed by atoms with E-state index in [2.05, 4.69) is 28.8 Å². The summed E-state index contributed by atoms with van der Waals surface area (Å²) in [5.41, 5.74) is 1.03. The van der Waals surface area contributed by atoms with Gasteiger partial charge in [-0.05, 0) is 23.6 Å². The number of nitrogens with zero attached hydrogens (tertiary/aromatic N) is 1. The van der Waals surface area contributed by atoms with Gasteiger partial charge in [-0.1, -0.05) is 26.0 Å². The van der Waals surface area contributed by atoms with Gasteiger partial charge >= 0.3 is 6.18 Å². The molecule has 1 saturated heterocycles. The monoisotopic (exact) mass is 388 g/mol. The van der Waals surface area contributed by atoms with Crippen molar-refractivity contribution in [1.29, 1.82) is 0 Å². The minimum absolute atomic E-state index is 0.0449. The van der Waals surface area contributed by atoms with Crippen molar-refractivity contribution >= 4 is 5.91 Å². The average molecular weight is 388 g/mol. The van der Waals surface area contributed by atoms with Gasteiger partial charge in [-0.25, -0.2) is 0 Å². The number of halogens is 3. The van der Waals surface area contributed by atoms with Gasteiger partial charge in [0.1, 0.15) is 6.61 Å². The molecule has 0 saturated carbocycles. The van der Waals surface area contributed by atoms with Gasteiger partial charge in [-0.15, -0.1) is 0 Å². The number of hydrogen-bond acceptors (Lipinski definition) is 4. The molecule has 0 bridgehead atoms. The maximum absolute atomic E-state index is 12.2. The zero-order chi connectivity index (χ0) is 19.9. The van der Waals surface area contributed by atoms with Crippen LogP contribution in [0.1, 0.15) is 29.8 Å². The fraction of sp³-hybridized carbons (Fsp3) is 0.632. The van der Waals surface area contributed by atoms with Crippen LogP contribution in [0.3, 0.4) is 0 Å². The first-order valence-electron chi connectivity index (χ1n) is 9.08. The van der Waals surface area contributed by atoms with Crippen molar-refractivity contribution in [2.24, 2.45) is 5.92 Å². The number of carbonyl (C=O) groups excluding carboxylic acids is 1. The third kappa shape index (κ3) is 8.28. The summed E-state index contributed by atoms with van der Waals surface area (Å²) in [6.07, 6.45) is -4.39. The van der Waals surface area contributed by atoms with Gasteiger partial charge in [0.25, 0.3) is 5.91 Å². The summed E-state index contributed by atoms with van der Waals surface area (Å²) in [5.74, 6) is 0.347. The van der Waals surface area contributed by atoms with Gasteiger partial charge in [-0.3, -0.25) is 9.69 Å². The summed E-state index contributed by atoms with van der Waals surface area (Å²) < 4.78 is 46.5. The molecule has 0 aliphatic carbocycles. The summed E-state index contributed by atoms with van der Waals surface area (Å²) in [7, 11) is 0. The second kappa shape index (κ2) is 10.1. The second-order valence-corrected chi connectivity index (χ2v) is 7.16. The average Bonchev–Trinajstić information content (AvgIpc) is 2.59. The minimum Gasteiger partial charge on any atom is -0.374 e. The van der Waals surface area contributed by atoms with E-state index in [9.17, 15) is 18.0 Å². The Balaban J connectivity index is 1.75. The Morgan fingerprint density at radius 1 is 1.33 bits per heavy atom. The molecule has 0 spiro atoms. The summed E-state index contributed by atoms with van der Waals surface area (Å²) in [4.78, 5) is 14.6. The number of amides is 1. The molecule has 0 aromatic heterocycles. The van der Waals surface area contributed by atoms with E-state index < -0.39 is 12.8 Å². The fourth-order valence-electron chi connectivity index (χ4n) is 2.93. The van der Waals surface area contributed by atoms with Crippen molar-refractivity contribution in [2.75, 3.05) is 39.4 Å². The first-order chi connectivity index (χ1) is 12.7. The van der Waals surface area contributed by atoms with Gasteiger partial charge in [0, 0.05) is 31.7 Å². The van der Waals surface area contributed by atoms with Crippen molar-refractivity contribution in [3.63, 3.8) is 0 Å². The molecule has 0 radical (unpaired) electrons. The van der Waals surface area contributed by atoms with Crippen LogP contribution >= 0.6 is 0 Å². The van der Waals surface area contributed by atoms with Gasteiger partial charge in [0.15, 0.2) is 0 Å².